The Morgan fingerprint density at radius 2 is 1.78 bits per heavy atom. The first kappa shape index (κ1) is 17.9. The van der Waals surface area contributed by atoms with Gasteiger partial charge in [-0.25, -0.2) is 4.39 Å². The lowest BCUT2D eigenvalue weighted by Gasteiger charge is -2.15. The van der Waals surface area contributed by atoms with Gasteiger partial charge >= 0.3 is 0 Å². The Labute approximate surface area is 164 Å². The van der Waals surface area contributed by atoms with E-state index in [1.807, 2.05) is 30.3 Å². The number of aromatic nitrogens is 2. The maximum absolute atomic E-state index is 13.7. The highest BCUT2D eigenvalue weighted by molar-refractivity contribution is 8.00. The number of nitrogens with zero attached hydrogens (tertiary/aromatic N) is 2. The van der Waals surface area contributed by atoms with Crippen molar-refractivity contribution in [1.29, 1.82) is 0 Å². The molecule has 0 saturated heterocycles. The van der Waals surface area contributed by atoms with Gasteiger partial charge in [0, 0.05) is 5.75 Å². The molecule has 1 atom stereocenters. The van der Waals surface area contributed by atoms with Gasteiger partial charge in [0.2, 0.25) is 5.13 Å². The summed E-state index contributed by atoms with van der Waals surface area (Å²) in [5.74, 6) is 0.308. The molecule has 0 aliphatic carbocycles. The number of fused-ring (bicyclic) bond motifs is 1. The molecule has 7 heteroatoms. The van der Waals surface area contributed by atoms with Gasteiger partial charge in [-0.2, -0.15) is 0 Å². The summed E-state index contributed by atoms with van der Waals surface area (Å²) in [6.07, 6.45) is -0.395. The van der Waals surface area contributed by atoms with E-state index >= 15 is 0 Å². The molecule has 136 valence electrons. The topological polar surface area (TPSA) is 63.8 Å². The van der Waals surface area contributed by atoms with Crippen LogP contribution < -0.4 is 11.1 Å². The van der Waals surface area contributed by atoms with E-state index in [-0.39, 0.29) is 5.82 Å². The van der Waals surface area contributed by atoms with E-state index in [1.165, 1.54) is 29.2 Å². The number of nitrogens with one attached hydrogen (secondary N) is 1. The fraction of sp³-hybridized carbons (Fsp3) is 0.100. The monoisotopic (exact) mass is 396 g/mol. The standard InChI is InChI=1S/C20H17FN4S2/c21-17-11-4-2-7-14(17)12-26-20-25-24-19(27-20)23-18(22)16-10-5-8-13-6-1-3-9-15(13)16/h1-11,18H,12,22H2,(H,23,24). The molecule has 0 spiro atoms. The van der Waals surface area contributed by atoms with Crippen molar-refractivity contribution in [2.75, 3.05) is 5.32 Å². The minimum absolute atomic E-state index is 0.203. The molecular weight excluding hydrogens is 379 g/mol. The number of nitrogens with two attached hydrogens (primary N) is 1. The molecule has 3 N–H and O–H groups in total. The second kappa shape index (κ2) is 8.04. The summed E-state index contributed by atoms with van der Waals surface area (Å²) in [6, 6.07) is 21.0. The second-order valence-electron chi connectivity index (χ2n) is 5.94. The van der Waals surface area contributed by atoms with E-state index in [0.717, 1.165) is 20.7 Å². The molecule has 0 amide bonds. The molecule has 1 heterocycles. The largest absolute Gasteiger partial charge is 0.341 e. The van der Waals surface area contributed by atoms with Gasteiger partial charge in [0.05, 0.1) is 0 Å². The molecule has 0 bridgehead atoms. The summed E-state index contributed by atoms with van der Waals surface area (Å²) in [4.78, 5) is 0. The summed E-state index contributed by atoms with van der Waals surface area (Å²) in [6.45, 7) is 0. The average molecular weight is 397 g/mol. The molecule has 27 heavy (non-hydrogen) atoms. The lowest BCUT2D eigenvalue weighted by molar-refractivity contribution is 0.617. The van der Waals surface area contributed by atoms with Gasteiger partial charge in [-0.15, -0.1) is 10.2 Å². The Morgan fingerprint density at radius 1 is 1.00 bits per heavy atom. The number of hydrogen-bond donors (Lipinski definition) is 2. The van der Waals surface area contributed by atoms with Gasteiger partial charge in [0.25, 0.3) is 0 Å². The van der Waals surface area contributed by atoms with Crippen molar-refractivity contribution in [3.8, 4) is 0 Å². The number of benzene rings is 3. The third kappa shape index (κ3) is 4.10. The average Bonchev–Trinajstić information content (AvgIpc) is 3.14. The van der Waals surface area contributed by atoms with Crippen molar-refractivity contribution in [2.45, 2.75) is 16.3 Å². The molecule has 3 aromatic carbocycles. The normalized spacial score (nSPS) is 12.2. The minimum atomic E-state index is -0.395. The fourth-order valence-electron chi connectivity index (χ4n) is 2.81. The summed E-state index contributed by atoms with van der Waals surface area (Å²) in [5.41, 5.74) is 8.01. The Balaban J connectivity index is 1.45. The fourth-order valence-corrected chi connectivity index (χ4v) is 4.59. The first-order valence-electron chi connectivity index (χ1n) is 8.40. The van der Waals surface area contributed by atoms with Crippen LogP contribution in [0.5, 0.6) is 0 Å². The predicted molar refractivity (Wildman–Crippen MR) is 110 cm³/mol. The van der Waals surface area contributed by atoms with Crippen molar-refractivity contribution < 1.29 is 4.39 Å². The summed E-state index contributed by atoms with van der Waals surface area (Å²) < 4.78 is 14.5. The highest BCUT2D eigenvalue weighted by Crippen LogP contribution is 2.31. The van der Waals surface area contributed by atoms with Crippen LogP contribution in [0.25, 0.3) is 10.8 Å². The molecule has 0 radical (unpaired) electrons. The first-order valence-corrected chi connectivity index (χ1v) is 10.2. The Morgan fingerprint density at radius 3 is 2.67 bits per heavy atom. The summed E-state index contributed by atoms with van der Waals surface area (Å²) in [5, 5.41) is 14.4. The van der Waals surface area contributed by atoms with Crippen LogP contribution >= 0.6 is 23.1 Å². The zero-order valence-corrected chi connectivity index (χ0v) is 15.9. The molecule has 0 aliphatic rings. The zero-order chi connectivity index (χ0) is 18.6. The first-order chi connectivity index (χ1) is 13.2. The van der Waals surface area contributed by atoms with Crippen LogP contribution in [0.2, 0.25) is 0 Å². The Hall–Kier alpha value is -2.48. The van der Waals surface area contributed by atoms with Crippen LogP contribution in [0.1, 0.15) is 17.3 Å². The van der Waals surface area contributed by atoms with Crippen molar-refractivity contribution in [2.24, 2.45) is 5.73 Å². The maximum atomic E-state index is 13.7. The van der Waals surface area contributed by atoms with Gasteiger partial charge in [0.1, 0.15) is 12.0 Å². The van der Waals surface area contributed by atoms with Crippen LogP contribution in [0.4, 0.5) is 9.52 Å². The SMILES string of the molecule is NC(Nc1nnc(SCc2ccccc2F)s1)c1cccc2ccccc12. The molecule has 0 saturated carbocycles. The lowest BCUT2D eigenvalue weighted by atomic mass is 10.0. The van der Waals surface area contributed by atoms with Crippen LogP contribution in [0, 0.1) is 5.82 Å². The van der Waals surface area contributed by atoms with Gasteiger partial charge in [-0.05, 0) is 28.0 Å². The molecule has 4 nitrogen and oxygen atoms in total. The molecule has 4 aromatic rings. The van der Waals surface area contributed by atoms with E-state index in [4.69, 9.17) is 5.73 Å². The van der Waals surface area contributed by atoms with Crippen LogP contribution in [0.3, 0.4) is 0 Å². The van der Waals surface area contributed by atoms with Crippen LogP contribution in [-0.2, 0) is 5.75 Å². The molecular formula is C20H17FN4S2. The summed E-state index contributed by atoms with van der Waals surface area (Å²) in [7, 11) is 0. The summed E-state index contributed by atoms with van der Waals surface area (Å²) >= 11 is 2.87. The smallest absolute Gasteiger partial charge is 0.207 e. The van der Waals surface area contributed by atoms with Crippen molar-refractivity contribution in [1.82, 2.24) is 10.2 Å². The highest BCUT2D eigenvalue weighted by atomic mass is 32.2. The third-order valence-corrected chi connectivity index (χ3v) is 6.19. The van der Waals surface area contributed by atoms with Crippen LogP contribution in [0.15, 0.2) is 71.1 Å². The predicted octanol–water partition coefficient (Wildman–Crippen LogP) is 5.19. The quantitative estimate of drug-likeness (QED) is 0.347. The van der Waals surface area contributed by atoms with E-state index < -0.39 is 6.17 Å². The lowest BCUT2D eigenvalue weighted by Crippen LogP contribution is -2.20. The number of halogens is 1. The van der Waals surface area contributed by atoms with Crippen molar-refractivity contribution in [3.63, 3.8) is 0 Å². The molecule has 1 aromatic heterocycles. The van der Waals surface area contributed by atoms with Crippen molar-refractivity contribution >= 4 is 39.0 Å². The number of thioether (sulfide) groups is 1. The Kier molecular flexibility index (Phi) is 5.33. The number of anilines is 1. The van der Waals surface area contributed by atoms with E-state index in [2.05, 4.69) is 33.7 Å². The van der Waals surface area contributed by atoms with Gasteiger partial charge in [0.15, 0.2) is 4.34 Å². The minimum Gasteiger partial charge on any atom is -0.341 e. The zero-order valence-electron chi connectivity index (χ0n) is 14.3. The Bertz CT molecular complexity index is 1060. The van der Waals surface area contributed by atoms with Crippen LogP contribution in [-0.4, -0.2) is 10.2 Å². The molecule has 1 unspecified atom stereocenters. The van der Waals surface area contributed by atoms with E-state index in [1.54, 1.807) is 12.1 Å². The van der Waals surface area contributed by atoms with Gasteiger partial charge in [-0.1, -0.05) is 83.8 Å². The maximum Gasteiger partial charge on any atom is 0.207 e. The van der Waals surface area contributed by atoms with Gasteiger partial charge in [-0.3, -0.25) is 0 Å². The van der Waals surface area contributed by atoms with Crippen molar-refractivity contribution in [3.05, 3.63) is 83.7 Å². The third-order valence-electron chi connectivity index (χ3n) is 4.15. The highest BCUT2D eigenvalue weighted by Gasteiger charge is 2.13. The molecule has 4 rings (SSSR count). The van der Waals surface area contributed by atoms with E-state index in [0.29, 0.717) is 16.4 Å². The van der Waals surface area contributed by atoms with Gasteiger partial charge < -0.3 is 11.1 Å². The van der Waals surface area contributed by atoms with E-state index in [9.17, 15) is 4.39 Å². The number of hydrogen-bond acceptors (Lipinski definition) is 6. The second-order valence-corrected chi connectivity index (χ2v) is 8.14. The molecule has 0 fully saturated rings. The molecule has 0 aliphatic heterocycles. The number of rotatable bonds is 6.